The summed E-state index contributed by atoms with van der Waals surface area (Å²) < 4.78 is 2.28. The van der Waals surface area contributed by atoms with Gasteiger partial charge in [-0.1, -0.05) is 11.6 Å². The number of anilines is 1. The van der Waals surface area contributed by atoms with Gasteiger partial charge in [-0.05, 0) is 57.2 Å². The molecule has 0 saturated heterocycles. The molecule has 0 aliphatic rings. The molecule has 23 heavy (non-hydrogen) atoms. The van der Waals surface area contributed by atoms with Gasteiger partial charge in [-0.3, -0.25) is 0 Å². The predicted molar refractivity (Wildman–Crippen MR) is 98.9 cm³/mol. The molecule has 1 aromatic heterocycles. The number of fused-ring (bicyclic) bond motifs is 1. The van der Waals surface area contributed by atoms with Crippen LogP contribution < -0.4 is 9.47 Å². The van der Waals surface area contributed by atoms with Gasteiger partial charge in [-0.2, -0.15) is 4.57 Å². The van der Waals surface area contributed by atoms with Crippen LogP contribution in [0.5, 0.6) is 0 Å². The Kier molecular flexibility index (Phi) is 4.33. The van der Waals surface area contributed by atoms with Crippen LogP contribution in [-0.4, -0.2) is 13.1 Å². The number of aryl methyl sites for hydroxylation is 2. The monoisotopic (exact) mass is 305 g/mol. The van der Waals surface area contributed by atoms with E-state index in [9.17, 15) is 0 Å². The van der Waals surface area contributed by atoms with Gasteiger partial charge in [0.1, 0.15) is 7.05 Å². The van der Waals surface area contributed by atoms with E-state index in [4.69, 9.17) is 0 Å². The number of hydrogen-bond donors (Lipinski definition) is 0. The maximum Gasteiger partial charge on any atom is 0.212 e. The van der Waals surface area contributed by atoms with Crippen molar-refractivity contribution in [2.75, 3.05) is 18.0 Å². The van der Waals surface area contributed by atoms with Crippen LogP contribution in [0.25, 0.3) is 22.2 Å². The Hall–Kier alpha value is -2.35. The second-order valence-electron chi connectivity index (χ2n) is 6.06. The zero-order chi connectivity index (χ0) is 16.4. The van der Waals surface area contributed by atoms with Crippen LogP contribution in [0.15, 0.2) is 54.6 Å². The Balaban J connectivity index is 2.03. The summed E-state index contributed by atoms with van der Waals surface area (Å²) in [5.41, 5.74) is 6.35. The van der Waals surface area contributed by atoms with Gasteiger partial charge in [-0.15, -0.1) is 0 Å². The van der Waals surface area contributed by atoms with Crippen LogP contribution in [0.3, 0.4) is 0 Å². The van der Waals surface area contributed by atoms with Crippen molar-refractivity contribution in [3.05, 3.63) is 60.2 Å². The molecular formula is C21H25N2+. The number of hydrogen-bond acceptors (Lipinski definition) is 1. The second-order valence-corrected chi connectivity index (χ2v) is 6.06. The van der Waals surface area contributed by atoms with Gasteiger partial charge in [0.05, 0.1) is 0 Å². The van der Waals surface area contributed by atoms with Gasteiger partial charge in [0.2, 0.25) is 11.2 Å². The van der Waals surface area contributed by atoms with E-state index in [-0.39, 0.29) is 0 Å². The molecular weight excluding hydrogens is 280 g/mol. The average Bonchev–Trinajstić information content (AvgIpc) is 2.57. The molecule has 2 aromatic carbocycles. The smallest absolute Gasteiger partial charge is 0.212 e. The fraction of sp³-hybridized carbons (Fsp3) is 0.286. The molecule has 0 unspecified atom stereocenters. The minimum Gasteiger partial charge on any atom is -0.372 e. The van der Waals surface area contributed by atoms with Gasteiger partial charge >= 0.3 is 0 Å². The topological polar surface area (TPSA) is 7.12 Å². The van der Waals surface area contributed by atoms with Crippen LogP contribution in [0.2, 0.25) is 0 Å². The van der Waals surface area contributed by atoms with Gasteiger partial charge < -0.3 is 4.90 Å². The minimum atomic E-state index is 1.04. The van der Waals surface area contributed by atoms with E-state index in [0.717, 1.165) is 13.1 Å². The average molecular weight is 305 g/mol. The van der Waals surface area contributed by atoms with E-state index in [2.05, 4.69) is 91.9 Å². The van der Waals surface area contributed by atoms with Crippen molar-refractivity contribution in [3.63, 3.8) is 0 Å². The molecule has 0 saturated carbocycles. The van der Waals surface area contributed by atoms with Gasteiger partial charge in [0.25, 0.3) is 0 Å². The van der Waals surface area contributed by atoms with Gasteiger partial charge in [-0.25, -0.2) is 0 Å². The summed E-state index contributed by atoms with van der Waals surface area (Å²) in [6.07, 6.45) is 0. The largest absolute Gasteiger partial charge is 0.372 e. The van der Waals surface area contributed by atoms with E-state index >= 15 is 0 Å². The summed E-state index contributed by atoms with van der Waals surface area (Å²) in [4.78, 5) is 2.37. The molecule has 0 amide bonds. The molecule has 0 bridgehead atoms. The third-order valence-electron chi connectivity index (χ3n) is 4.62. The summed E-state index contributed by atoms with van der Waals surface area (Å²) in [5.74, 6) is 0. The third kappa shape index (κ3) is 2.94. The molecule has 0 spiro atoms. The molecule has 0 aliphatic carbocycles. The Morgan fingerprint density at radius 1 is 0.870 bits per heavy atom. The van der Waals surface area contributed by atoms with Crippen LogP contribution in [0.4, 0.5) is 5.69 Å². The van der Waals surface area contributed by atoms with E-state index < -0.39 is 0 Å². The highest BCUT2D eigenvalue weighted by Gasteiger charge is 2.14. The molecule has 0 fully saturated rings. The lowest BCUT2D eigenvalue weighted by Crippen LogP contribution is -2.32. The van der Waals surface area contributed by atoms with E-state index in [1.54, 1.807) is 0 Å². The zero-order valence-corrected chi connectivity index (χ0v) is 14.5. The molecule has 0 atom stereocenters. The summed E-state index contributed by atoms with van der Waals surface area (Å²) in [6.45, 7) is 8.61. The fourth-order valence-corrected chi connectivity index (χ4v) is 3.24. The van der Waals surface area contributed by atoms with Crippen LogP contribution >= 0.6 is 0 Å². The summed E-state index contributed by atoms with van der Waals surface area (Å²) in [6, 6.07) is 20.0. The summed E-state index contributed by atoms with van der Waals surface area (Å²) >= 11 is 0. The highest BCUT2D eigenvalue weighted by atomic mass is 15.1. The predicted octanol–water partition coefficient (Wildman–Crippen LogP) is 4.49. The maximum absolute atomic E-state index is 2.37. The van der Waals surface area contributed by atoms with Gasteiger partial charge in [0, 0.05) is 41.9 Å². The lowest BCUT2D eigenvalue weighted by Gasteiger charge is -2.20. The van der Waals surface area contributed by atoms with Crippen LogP contribution in [-0.2, 0) is 7.05 Å². The minimum absolute atomic E-state index is 1.04. The summed E-state index contributed by atoms with van der Waals surface area (Å²) in [7, 11) is 2.14. The maximum atomic E-state index is 2.37. The van der Waals surface area contributed by atoms with E-state index in [0.29, 0.717) is 0 Å². The molecule has 1 heterocycles. The zero-order valence-electron chi connectivity index (χ0n) is 14.5. The van der Waals surface area contributed by atoms with Crippen molar-refractivity contribution < 1.29 is 4.57 Å². The standard InChI is InChI=1S/C21H25N2/c1-5-23(6-2)19-11-8-17(9-12-19)20-14-10-18-15-16(3)7-13-21(18)22(20)4/h7-15H,5-6H2,1-4H3/q+1. The van der Waals surface area contributed by atoms with Crippen molar-refractivity contribution in [1.29, 1.82) is 0 Å². The molecule has 2 nitrogen and oxygen atoms in total. The first-order valence-corrected chi connectivity index (χ1v) is 8.38. The summed E-state index contributed by atoms with van der Waals surface area (Å²) in [5, 5.41) is 1.29. The number of rotatable bonds is 4. The van der Waals surface area contributed by atoms with Gasteiger partial charge in [0.15, 0.2) is 0 Å². The highest BCUT2D eigenvalue weighted by molar-refractivity contribution is 5.78. The normalized spacial score (nSPS) is 11.0. The Labute approximate surface area is 139 Å². The fourth-order valence-electron chi connectivity index (χ4n) is 3.24. The molecule has 2 heteroatoms. The molecule has 0 aliphatic heterocycles. The number of benzene rings is 2. The third-order valence-corrected chi connectivity index (χ3v) is 4.62. The molecule has 0 N–H and O–H groups in total. The Bertz CT molecular complexity index is 815. The van der Waals surface area contributed by atoms with Crippen molar-refractivity contribution in [3.8, 4) is 11.3 Å². The Morgan fingerprint density at radius 3 is 2.22 bits per heavy atom. The molecule has 0 radical (unpaired) electrons. The van der Waals surface area contributed by atoms with E-state index in [1.165, 1.54) is 33.4 Å². The number of pyridine rings is 1. The SMILES string of the molecule is CCN(CC)c1ccc(-c2ccc3cc(C)ccc3[n+]2C)cc1. The van der Waals surface area contributed by atoms with Crippen molar-refractivity contribution >= 4 is 16.6 Å². The highest BCUT2D eigenvalue weighted by Crippen LogP contribution is 2.23. The second kappa shape index (κ2) is 6.41. The van der Waals surface area contributed by atoms with Crippen molar-refractivity contribution in [1.82, 2.24) is 0 Å². The molecule has 3 rings (SSSR count). The molecule has 3 aromatic rings. The van der Waals surface area contributed by atoms with Crippen LogP contribution in [0.1, 0.15) is 19.4 Å². The van der Waals surface area contributed by atoms with Crippen molar-refractivity contribution in [2.24, 2.45) is 7.05 Å². The lowest BCUT2D eigenvalue weighted by atomic mass is 10.1. The first-order chi connectivity index (χ1) is 11.1. The first kappa shape index (κ1) is 15.5. The lowest BCUT2D eigenvalue weighted by molar-refractivity contribution is -0.633. The quantitative estimate of drug-likeness (QED) is 0.644. The first-order valence-electron chi connectivity index (χ1n) is 8.38. The van der Waals surface area contributed by atoms with E-state index in [1.807, 2.05) is 0 Å². The molecule has 118 valence electrons. The number of nitrogens with zero attached hydrogens (tertiary/aromatic N) is 2. The van der Waals surface area contributed by atoms with Crippen molar-refractivity contribution in [2.45, 2.75) is 20.8 Å². The number of aromatic nitrogens is 1. The Morgan fingerprint density at radius 2 is 1.57 bits per heavy atom. The van der Waals surface area contributed by atoms with Crippen LogP contribution in [0, 0.1) is 6.92 Å².